The van der Waals surface area contributed by atoms with Gasteiger partial charge in [-0.15, -0.1) is 11.3 Å². The van der Waals surface area contributed by atoms with Crippen LogP contribution in [0.25, 0.3) is 0 Å². The average Bonchev–Trinajstić information content (AvgIpc) is 2.30. The van der Waals surface area contributed by atoms with Gasteiger partial charge in [0.15, 0.2) is 5.13 Å². The summed E-state index contributed by atoms with van der Waals surface area (Å²) in [4.78, 5) is 18.5. The van der Waals surface area contributed by atoms with Gasteiger partial charge >= 0.3 is 0 Å². The molecule has 1 aromatic heterocycles. The Morgan fingerprint density at radius 3 is 2.59 bits per heavy atom. The van der Waals surface area contributed by atoms with Gasteiger partial charge in [-0.05, 0) is 26.0 Å². The molecule has 0 aliphatic heterocycles. The first kappa shape index (κ1) is 11.8. The predicted octanol–water partition coefficient (Wildman–Crippen LogP) is 2.97. The van der Waals surface area contributed by atoms with Crippen molar-refractivity contribution in [1.82, 2.24) is 4.98 Å². The molecule has 0 bridgehead atoms. The predicted molar refractivity (Wildman–Crippen MR) is 72.2 cm³/mol. The quantitative estimate of drug-likeness (QED) is 0.834. The molecule has 1 heterocycles. The second-order valence-corrected chi connectivity index (χ2v) is 4.88. The monoisotopic (exact) mass is 246 g/mol. The van der Waals surface area contributed by atoms with E-state index in [4.69, 9.17) is 0 Å². The molecule has 0 fully saturated rings. The number of para-hydroxylation sites is 1. The van der Waals surface area contributed by atoms with Crippen molar-refractivity contribution in [3.05, 3.63) is 51.6 Å². The fraction of sp³-hybridized carbons (Fsp3) is 0.231. The molecule has 0 N–H and O–H groups in total. The fourth-order valence-electron chi connectivity index (χ4n) is 1.65. The van der Waals surface area contributed by atoms with Gasteiger partial charge < -0.3 is 4.90 Å². The van der Waals surface area contributed by atoms with Gasteiger partial charge in [-0.3, -0.25) is 4.79 Å². The summed E-state index contributed by atoms with van der Waals surface area (Å²) in [6.07, 6.45) is 0. The Kier molecular flexibility index (Phi) is 3.54. The number of aromatic nitrogens is 1. The van der Waals surface area contributed by atoms with Gasteiger partial charge in [-0.1, -0.05) is 18.2 Å². The van der Waals surface area contributed by atoms with Gasteiger partial charge in [0.2, 0.25) is 0 Å². The lowest BCUT2D eigenvalue weighted by atomic mass is 10.3. The van der Waals surface area contributed by atoms with Gasteiger partial charge in [0.1, 0.15) is 0 Å². The zero-order valence-electron chi connectivity index (χ0n) is 9.88. The average molecular weight is 246 g/mol. The summed E-state index contributed by atoms with van der Waals surface area (Å²) in [5, 5.41) is 0.753. The molecule has 1 aromatic carbocycles. The summed E-state index contributed by atoms with van der Waals surface area (Å²) >= 11 is 1.53. The number of aryl methyl sites for hydroxylation is 1. The minimum Gasteiger partial charge on any atom is -0.318 e. The maximum Gasteiger partial charge on any atom is 0.273 e. The van der Waals surface area contributed by atoms with Crippen LogP contribution in [-0.2, 0) is 0 Å². The Balaban J connectivity index is 2.46. The van der Waals surface area contributed by atoms with E-state index in [0.29, 0.717) is 0 Å². The van der Waals surface area contributed by atoms with E-state index in [-0.39, 0.29) is 5.56 Å². The summed E-state index contributed by atoms with van der Waals surface area (Å²) < 4.78 is 0. The van der Waals surface area contributed by atoms with Crippen LogP contribution in [0.5, 0.6) is 0 Å². The molecule has 0 aliphatic carbocycles. The van der Waals surface area contributed by atoms with E-state index in [2.05, 4.69) is 4.98 Å². The molecule has 0 amide bonds. The molecule has 0 atom stereocenters. The van der Waals surface area contributed by atoms with Gasteiger partial charge in [-0.25, -0.2) is 0 Å². The second kappa shape index (κ2) is 5.10. The molecule has 2 rings (SSSR count). The minimum atomic E-state index is -0.175. The van der Waals surface area contributed by atoms with E-state index in [1.165, 1.54) is 11.3 Å². The highest BCUT2D eigenvalue weighted by atomic mass is 32.1. The van der Waals surface area contributed by atoms with Crippen molar-refractivity contribution >= 4 is 22.2 Å². The molecule has 88 valence electrons. The third-order valence-corrected chi connectivity index (χ3v) is 3.33. The molecule has 3 nitrogen and oxygen atoms in total. The Hall–Kier alpha value is -1.68. The molecule has 17 heavy (non-hydrogen) atoms. The highest BCUT2D eigenvalue weighted by Gasteiger charge is 2.10. The lowest BCUT2D eigenvalue weighted by Crippen LogP contribution is -2.19. The van der Waals surface area contributed by atoms with Crippen LogP contribution >= 0.6 is 11.3 Å². The van der Waals surface area contributed by atoms with Crippen LogP contribution in [0, 0.1) is 6.92 Å². The van der Waals surface area contributed by atoms with Crippen LogP contribution in [0.4, 0.5) is 10.8 Å². The molecule has 0 unspecified atom stereocenters. The molecule has 0 aliphatic rings. The third-order valence-electron chi connectivity index (χ3n) is 2.40. The Labute approximate surface area is 104 Å². The number of anilines is 2. The topological polar surface area (TPSA) is 33.2 Å². The summed E-state index contributed by atoms with van der Waals surface area (Å²) in [5.74, 6) is 0. The first-order valence-corrected chi connectivity index (χ1v) is 6.33. The van der Waals surface area contributed by atoms with Crippen molar-refractivity contribution in [2.24, 2.45) is 0 Å². The summed E-state index contributed by atoms with van der Waals surface area (Å²) in [7, 11) is 0. The Morgan fingerprint density at radius 1 is 1.29 bits per heavy atom. The lowest BCUT2D eigenvalue weighted by molar-refractivity contribution is 0.999. The number of hydrogen-bond acceptors (Lipinski definition) is 4. The molecular formula is C13H14N2OS. The van der Waals surface area contributed by atoms with E-state index >= 15 is 0 Å². The summed E-state index contributed by atoms with van der Waals surface area (Å²) in [6.45, 7) is 4.76. The molecule has 0 spiro atoms. The maximum absolute atomic E-state index is 11.4. The molecule has 0 saturated carbocycles. The van der Waals surface area contributed by atoms with Crippen LogP contribution in [0.15, 0.2) is 41.2 Å². The van der Waals surface area contributed by atoms with Crippen LogP contribution < -0.4 is 10.5 Å². The van der Waals surface area contributed by atoms with E-state index in [0.717, 1.165) is 22.2 Å². The van der Waals surface area contributed by atoms with Crippen LogP contribution in [-0.4, -0.2) is 11.5 Å². The van der Waals surface area contributed by atoms with E-state index in [1.54, 1.807) is 6.07 Å². The zero-order chi connectivity index (χ0) is 12.3. The fourth-order valence-corrected chi connectivity index (χ4v) is 2.58. The highest BCUT2D eigenvalue weighted by Crippen LogP contribution is 2.26. The highest BCUT2D eigenvalue weighted by molar-refractivity contribution is 7.15. The van der Waals surface area contributed by atoms with E-state index in [9.17, 15) is 4.79 Å². The molecule has 0 radical (unpaired) electrons. The number of nitrogens with zero attached hydrogens (tertiary/aromatic N) is 2. The van der Waals surface area contributed by atoms with Crippen molar-refractivity contribution in [3.63, 3.8) is 0 Å². The van der Waals surface area contributed by atoms with E-state index < -0.39 is 0 Å². The molecule has 4 heteroatoms. The normalized spacial score (nSPS) is 10.2. The van der Waals surface area contributed by atoms with Crippen molar-refractivity contribution in [2.45, 2.75) is 13.8 Å². The first-order valence-electron chi connectivity index (χ1n) is 5.52. The zero-order valence-corrected chi connectivity index (χ0v) is 10.7. The van der Waals surface area contributed by atoms with Gasteiger partial charge in [0.05, 0.1) is 0 Å². The summed E-state index contributed by atoms with van der Waals surface area (Å²) in [5.41, 5.74) is 0.884. The van der Waals surface area contributed by atoms with Crippen molar-refractivity contribution in [1.29, 1.82) is 0 Å². The lowest BCUT2D eigenvalue weighted by Gasteiger charge is -2.20. The largest absolute Gasteiger partial charge is 0.318 e. The van der Waals surface area contributed by atoms with Gasteiger partial charge in [0.25, 0.3) is 5.56 Å². The first-order chi connectivity index (χ1) is 8.20. The van der Waals surface area contributed by atoms with Crippen molar-refractivity contribution in [3.8, 4) is 0 Å². The third kappa shape index (κ3) is 2.71. The Bertz CT molecular complexity index is 551. The van der Waals surface area contributed by atoms with Gasteiger partial charge in [0, 0.05) is 23.2 Å². The van der Waals surface area contributed by atoms with Crippen LogP contribution in [0.1, 0.15) is 11.8 Å². The van der Waals surface area contributed by atoms with E-state index in [1.807, 2.05) is 49.1 Å². The molecular weight excluding hydrogens is 232 g/mol. The van der Waals surface area contributed by atoms with Gasteiger partial charge in [-0.2, -0.15) is 4.98 Å². The smallest absolute Gasteiger partial charge is 0.273 e. The van der Waals surface area contributed by atoms with Crippen molar-refractivity contribution in [2.75, 3.05) is 11.4 Å². The van der Waals surface area contributed by atoms with Crippen LogP contribution in [0.2, 0.25) is 0 Å². The maximum atomic E-state index is 11.4. The molecule has 2 aromatic rings. The SMILES string of the molecule is CCN(c1ccccc1)c1nc(=O)cc(C)s1. The molecule has 0 saturated heterocycles. The second-order valence-electron chi connectivity index (χ2n) is 3.67. The number of benzene rings is 1. The van der Waals surface area contributed by atoms with Crippen molar-refractivity contribution < 1.29 is 0 Å². The number of hydrogen-bond donors (Lipinski definition) is 0. The Morgan fingerprint density at radius 2 is 2.00 bits per heavy atom. The summed E-state index contributed by atoms with van der Waals surface area (Å²) in [6, 6.07) is 11.5. The number of rotatable bonds is 3. The standard InChI is InChI=1S/C13H14N2OS/c1-3-15(11-7-5-4-6-8-11)13-14-12(16)9-10(2)17-13/h4-9H,3H2,1-2H3. The minimum absolute atomic E-state index is 0.175. The van der Waals surface area contributed by atoms with Crippen LogP contribution in [0.3, 0.4) is 0 Å².